The molecule has 3 nitrogen and oxygen atoms in total. The van der Waals surface area contributed by atoms with E-state index in [0.29, 0.717) is 0 Å². The topological polar surface area (TPSA) is 66.3 Å². The average Bonchev–Trinajstić information content (AvgIpc) is 0.811. The number of hydrogen-bond acceptors (Lipinski definition) is 3. The molecule has 0 aromatic rings. The molecule has 0 saturated carbocycles. The SMILES string of the molecule is [KH].[O-][Cl+2]([O-])O. The van der Waals surface area contributed by atoms with Crippen LogP contribution in [0.25, 0.3) is 0 Å². The molecule has 0 heterocycles. The molecule has 0 atom stereocenters. The quantitative estimate of drug-likeness (QED) is 0.340. The van der Waals surface area contributed by atoms with Gasteiger partial charge < -0.3 is 9.32 Å². The van der Waals surface area contributed by atoms with Crippen LogP contribution in [0.2, 0.25) is 0 Å². The predicted molar refractivity (Wildman–Crippen MR) is 9.37 cm³/mol. The van der Waals surface area contributed by atoms with Gasteiger partial charge in [0.15, 0.2) is 0 Å². The molecule has 5 heavy (non-hydrogen) atoms. The van der Waals surface area contributed by atoms with Crippen molar-refractivity contribution >= 4 is 51.4 Å². The van der Waals surface area contributed by atoms with Gasteiger partial charge in [0.05, 0.1) is 0 Å². The average molecular weight is 125 g/mol. The second-order valence-electron chi connectivity index (χ2n) is 0.201. The molecule has 0 fully saturated rings. The summed E-state index contributed by atoms with van der Waals surface area (Å²) in [4.78, 5) is 0. The molecule has 0 unspecified atom stereocenters. The van der Waals surface area contributed by atoms with Gasteiger partial charge in [-0.15, -0.1) is 0 Å². The van der Waals surface area contributed by atoms with Crippen molar-refractivity contribution in [1.29, 1.82) is 0 Å². The Labute approximate surface area is 74.8 Å². The Morgan fingerprint density at radius 2 is 1.40 bits per heavy atom. The van der Waals surface area contributed by atoms with Crippen molar-refractivity contribution in [2.45, 2.75) is 0 Å². The van der Waals surface area contributed by atoms with E-state index in [-0.39, 0.29) is 51.4 Å². The van der Waals surface area contributed by atoms with Gasteiger partial charge in [-0.05, 0) is 0 Å². The minimum absolute atomic E-state index is 0. The summed E-state index contributed by atoms with van der Waals surface area (Å²) in [7, 11) is -2.60. The van der Waals surface area contributed by atoms with E-state index < -0.39 is 10.8 Å². The summed E-state index contributed by atoms with van der Waals surface area (Å²) in [5.74, 6) is 0. The van der Waals surface area contributed by atoms with E-state index in [1.807, 2.05) is 0 Å². The van der Waals surface area contributed by atoms with Crippen LogP contribution < -0.4 is 9.32 Å². The zero-order valence-electron chi connectivity index (χ0n) is 1.64. The second-order valence-corrected chi connectivity index (χ2v) is 0.603. The third kappa shape index (κ3) is 25.8. The molecule has 28 valence electrons. The molecule has 0 aliphatic carbocycles. The fourth-order valence-electron chi connectivity index (χ4n) is 0. The van der Waals surface area contributed by atoms with Crippen LogP contribution in [0.4, 0.5) is 0 Å². The van der Waals surface area contributed by atoms with Crippen molar-refractivity contribution in [1.82, 2.24) is 0 Å². The second kappa shape index (κ2) is 5.81. The maximum atomic E-state index is 8.52. The minimum atomic E-state index is -2.60. The van der Waals surface area contributed by atoms with Gasteiger partial charge in [0, 0.05) is 4.66 Å². The van der Waals surface area contributed by atoms with Gasteiger partial charge in [-0.3, -0.25) is 0 Å². The standard InChI is InChI=1S/ClHO3.K.H/c2-1(3)4;;/h2H;;. The van der Waals surface area contributed by atoms with Crippen molar-refractivity contribution in [3.8, 4) is 0 Å². The summed E-state index contributed by atoms with van der Waals surface area (Å²) < 4.78 is 24.0. The molecule has 0 radical (unpaired) electrons. The van der Waals surface area contributed by atoms with Crippen LogP contribution >= 0.6 is 0 Å². The summed E-state index contributed by atoms with van der Waals surface area (Å²) >= 11 is 0. The predicted octanol–water partition coefficient (Wildman–Crippen LogP) is -3.58. The first-order valence-electron chi connectivity index (χ1n) is 0.478. The van der Waals surface area contributed by atoms with Crippen molar-refractivity contribution < 1.29 is 24.8 Å². The fraction of sp³-hybridized carbons (Fsp3) is 0. The van der Waals surface area contributed by atoms with Crippen LogP contribution in [0.5, 0.6) is 0 Å². The minimum Gasteiger partial charge on any atom is -0.321 e. The summed E-state index contributed by atoms with van der Waals surface area (Å²) in [5.41, 5.74) is 0. The number of hydrogen-bond donors (Lipinski definition) is 1. The van der Waals surface area contributed by atoms with Crippen molar-refractivity contribution in [3.63, 3.8) is 0 Å². The maximum Gasteiger partial charge on any atom is 0.282 e. The zero-order chi connectivity index (χ0) is 3.58. The van der Waals surface area contributed by atoms with Crippen molar-refractivity contribution in [3.05, 3.63) is 0 Å². The van der Waals surface area contributed by atoms with Gasteiger partial charge in [-0.2, -0.15) is 0 Å². The summed E-state index contributed by atoms with van der Waals surface area (Å²) in [6, 6.07) is 0. The zero-order valence-corrected chi connectivity index (χ0v) is 2.40. The van der Waals surface area contributed by atoms with E-state index in [1.165, 1.54) is 0 Å². The van der Waals surface area contributed by atoms with Crippen LogP contribution in [0, 0.1) is 10.8 Å². The smallest absolute Gasteiger partial charge is 0.282 e. The van der Waals surface area contributed by atoms with E-state index in [2.05, 4.69) is 0 Å². The van der Waals surface area contributed by atoms with Crippen molar-refractivity contribution in [2.24, 2.45) is 0 Å². The monoisotopic (exact) mass is 124 g/mol. The third-order valence-corrected chi connectivity index (χ3v) is 0. The molecule has 0 aromatic carbocycles. The molecule has 0 bridgehead atoms. The van der Waals surface area contributed by atoms with Crippen LogP contribution in [0.15, 0.2) is 0 Å². The molecular weight excluding hydrogens is 123 g/mol. The third-order valence-electron chi connectivity index (χ3n) is 0. The van der Waals surface area contributed by atoms with Gasteiger partial charge in [-0.25, -0.2) is 0 Å². The van der Waals surface area contributed by atoms with Crippen LogP contribution in [-0.2, 0) is 0 Å². The molecule has 1 N–H and O–H groups in total. The van der Waals surface area contributed by atoms with Crippen LogP contribution in [0.1, 0.15) is 0 Å². The maximum absolute atomic E-state index is 8.52. The van der Waals surface area contributed by atoms with Gasteiger partial charge >= 0.3 is 51.4 Å². The van der Waals surface area contributed by atoms with Gasteiger partial charge in [-0.1, -0.05) is 0 Å². The van der Waals surface area contributed by atoms with Crippen LogP contribution in [-0.4, -0.2) is 56.0 Å². The summed E-state index contributed by atoms with van der Waals surface area (Å²) in [6.07, 6.45) is 0. The Morgan fingerprint density at radius 3 is 1.40 bits per heavy atom. The molecule has 0 aliphatic heterocycles. The molecule has 0 aromatic heterocycles. The molecule has 0 amide bonds. The Balaban J connectivity index is 0. The molecule has 0 aliphatic rings. The Hall–Kier alpha value is 1.81. The Morgan fingerprint density at radius 1 is 1.40 bits per heavy atom. The molecule has 0 saturated heterocycles. The van der Waals surface area contributed by atoms with E-state index in [1.54, 1.807) is 0 Å². The van der Waals surface area contributed by atoms with E-state index >= 15 is 0 Å². The first-order chi connectivity index (χ1) is 1.73. The first-order valence-corrected chi connectivity index (χ1v) is 1.43. The van der Waals surface area contributed by atoms with Crippen molar-refractivity contribution in [2.75, 3.05) is 0 Å². The Bertz CT molecular complexity index is 11.6. The van der Waals surface area contributed by atoms with Gasteiger partial charge in [0.1, 0.15) is 0 Å². The number of rotatable bonds is 0. The van der Waals surface area contributed by atoms with Crippen LogP contribution in [0.3, 0.4) is 0 Å². The molecule has 0 spiro atoms. The normalized spacial score (nSPS) is 7.20. The fourth-order valence-corrected chi connectivity index (χ4v) is 0. The van der Waals surface area contributed by atoms with E-state index in [9.17, 15) is 0 Å². The molecule has 5 heteroatoms. The largest absolute Gasteiger partial charge is 0.321 e. The summed E-state index contributed by atoms with van der Waals surface area (Å²) in [5, 5.41) is 0. The van der Waals surface area contributed by atoms with Gasteiger partial charge in [0.25, 0.3) is 10.8 Å². The van der Waals surface area contributed by atoms with E-state index in [0.717, 1.165) is 0 Å². The molecule has 0 rings (SSSR count). The summed E-state index contributed by atoms with van der Waals surface area (Å²) in [6.45, 7) is 0. The molecular formula is H2ClKO3. The van der Waals surface area contributed by atoms with Gasteiger partial charge in [0.2, 0.25) is 0 Å². The number of halogens is 1. The first kappa shape index (κ1) is 9.93. The van der Waals surface area contributed by atoms with E-state index in [4.69, 9.17) is 14.0 Å². The Kier molecular flexibility index (Phi) is 11.5.